The van der Waals surface area contributed by atoms with Crippen LogP contribution >= 0.6 is 0 Å². The third-order valence-electron chi connectivity index (χ3n) is 8.74. The SMILES string of the molecule is O=C(O)CCCC=CC[C@H]1[C@H](C=C[C@@H](O)CCc2ccccc2)[C@@H]2C[C@@]1(c1ccc(-c3ccccc3)cc1)CO2. The van der Waals surface area contributed by atoms with E-state index >= 15 is 0 Å². The van der Waals surface area contributed by atoms with Crippen LogP contribution in [0.3, 0.4) is 0 Å². The molecule has 0 unspecified atom stereocenters. The van der Waals surface area contributed by atoms with Crippen LogP contribution in [0.5, 0.6) is 0 Å². The van der Waals surface area contributed by atoms with Crippen molar-refractivity contribution in [1.29, 1.82) is 0 Å². The van der Waals surface area contributed by atoms with Crippen LogP contribution in [-0.2, 0) is 21.4 Å². The van der Waals surface area contributed by atoms with Gasteiger partial charge in [0.1, 0.15) is 0 Å². The van der Waals surface area contributed by atoms with Crippen molar-refractivity contribution in [2.75, 3.05) is 6.61 Å². The summed E-state index contributed by atoms with van der Waals surface area (Å²) in [6.07, 6.45) is 13.3. The molecule has 5 atom stereocenters. The topological polar surface area (TPSA) is 66.8 Å². The van der Waals surface area contributed by atoms with Crippen molar-refractivity contribution in [3.05, 3.63) is 120 Å². The minimum absolute atomic E-state index is 0.0741. The zero-order valence-corrected chi connectivity index (χ0v) is 23.1. The lowest BCUT2D eigenvalue weighted by Gasteiger charge is -2.38. The van der Waals surface area contributed by atoms with E-state index in [9.17, 15) is 9.90 Å². The molecule has 2 N–H and O–H groups in total. The minimum Gasteiger partial charge on any atom is -0.481 e. The van der Waals surface area contributed by atoms with Gasteiger partial charge in [-0.05, 0) is 66.7 Å². The Bertz CT molecular complexity index is 1280. The molecule has 0 amide bonds. The van der Waals surface area contributed by atoms with E-state index in [1.54, 1.807) is 0 Å². The monoisotopic (exact) mass is 536 g/mol. The number of unbranched alkanes of at least 4 members (excludes halogenated alkanes) is 1. The zero-order chi connectivity index (χ0) is 27.8. The van der Waals surface area contributed by atoms with Crippen molar-refractivity contribution in [2.24, 2.45) is 11.8 Å². The number of allylic oxidation sites excluding steroid dienone is 2. The molecule has 208 valence electrons. The van der Waals surface area contributed by atoms with E-state index in [2.05, 4.69) is 78.9 Å². The fraction of sp³-hybridized carbons (Fsp3) is 0.361. The number of carbonyl (C=O) groups is 1. The largest absolute Gasteiger partial charge is 0.481 e. The van der Waals surface area contributed by atoms with Crippen molar-refractivity contribution in [3.8, 4) is 11.1 Å². The number of carboxylic acids is 1. The maximum absolute atomic E-state index is 10.9. The second-order valence-electron chi connectivity index (χ2n) is 11.3. The fourth-order valence-corrected chi connectivity index (χ4v) is 6.59. The standard InChI is InChI=1S/C36H40O4/c37-31(22-17-27-11-5-3-6-12-27)23-24-32-33(15-9-1-2-10-16-35(38)39)36(25-34(32)40-26-36)30-20-18-29(19-21-30)28-13-7-4-8-14-28/h1,3-9,11-14,18-21,23-24,31-34,37H,2,10,15-17,22,25-26H2,(H,38,39)/t31-,32-,33-,34-,36-/m0/s1. The molecule has 0 spiro atoms. The maximum Gasteiger partial charge on any atom is 0.303 e. The summed E-state index contributed by atoms with van der Waals surface area (Å²) >= 11 is 0. The van der Waals surface area contributed by atoms with Gasteiger partial charge in [-0.2, -0.15) is 0 Å². The molecule has 0 radical (unpaired) electrons. The molecule has 4 heteroatoms. The first-order valence-corrected chi connectivity index (χ1v) is 14.6. The third kappa shape index (κ3) is 6.63. The van der Waals surface area contributed by atoms with Crippen molar-refractivity contribution < 1.29 is 19.7 Å². The van der Waals surface area contributed by atoms with Gasteiger partial charge in [0.2, 0.25) is 0 Å². The molecule has 5 rings (SSSR count). The molecule has 2 aliphatic rings. The first kappa shape index (κ1) is 28.1. The van der Waals surface area contributed by atoms with Crippen molar-refractivity contribution >= 4 is 5.97 Å². The Kier molecular flexibility index (Phi) is 9.30. The smallest absolute Gasteiger partial charge is 0.303 e. The van der Waals surface area contributed by atoms with Crippen LogP contribution in [0.2, 0.25) is 0 Å². The van der Waals surface area contributed by atoms with Crippen molar-refractivity contribution in [2.45, 2.75) is 62.6 Å². The number of benzene rings is 3. The first-order chi connectivity index (χ1) is 19.5. The summed E-state index contributed by atoms with van der Waals surface area (Å²) in [7, 11) is 0. The van der Waals surface area contributed by atoms with E-state index < -0.39 is 12.1 Å². The molecule has 1 saturated carbocycles. The Morgan fingerprint density at radius 1 is 0.950 bits per heavy atom. The Balaban J connectivity index is 1.32. The van der Waals surface area contributed by atoms with Gasteiger partial charge in [0.05, 0.1) is 18.8 Å². The molecule has 40 heavy (non-hydrogen) atoms. The third-order valence-corrected chi connectivity index (χ3v) is 8.74. The lowest BCUT2D eigenvalue weighted by Crippen LogP contribution is -2.39. The van der Waals surface area contributed by atoms with Crippen LogP contribution in [0.15, 0.2) is 109 Å². The van der Waals surface area contributed by atoms with E-state index in [4.69, 9.17) is 9.84 Å². The highest BCUT2D eigenvalue weighted by atomic mass is 16.5. The molecule has 2 bridgehead atoms. The molecule has 1 aliphatic heterocycles. The van der Waals surface area contributed by atoms with Crippen LogP contribution < -0.4 is 0 Å². The number of rotatable bonds is 13. The number of ether oxygens (including phenoxy) is 1. The van der Waals surface area contributed by atoms with Crippen molar-refractivity contribution in [3.63, 3.8) is 0 Å². The Labute approximate surface area is 238 Å². The summed E-state index contributed by atoms with van der Waals surface area (Å²) in [5.41, 5.74) is 4.91. The maximum atomic E-state index is 10.9. The van der Waals surface area contributed by atoms with Crippen LogP contribution in [0.25, 0.3) is 11.1 Å². The highest BCUT2D eigenvalue weighted by Crippen LogP contribution is 2.57. The second-order valence-corrected chi connectivity index (χ2v) is 11.3. The van der Waals surface area contributed by atoms with Gasteiger partial charge in [0.25, 0.3) is 0 Å². The molecule has 1 heterocycles. The van der Waals surface area contributed by atoms with Crippen LogP contribution in [-0.4, -0.2) is 35.0 Å². The van der Waals surface area contributed by atoms with Gasteiger partial charge in [0.15, 0.2) is 0 Å². The number of aliphatic hydroxyl groups is 1. The average Bonchev–Trinajstić information content (AvgIpc) is 3.56. The quantitative estimate of drug-likeness (QED) is 0.177. The molecular formula is C36H40O4. The van der Waals surface area contributed by atoms with Gasteiger partial charge in [-0.1, -0.05) is 109 Å². The molecule has 2 fully saturated rings. The number of hydrogen-bond donors (Lipinski definition) is 2. The van der Waals surface area contributed by atoms with Gasteiger partial charge in [-0.25, -0.2) is 0 Å². The summed E-state index contributed by atoms with van der Waals surface area (Å²) in [6, 6.07) is 29.7. The fourth-order valence-electron chi connectivity index (χ4n) is 6.59. The predicted molar refractivity (Wildman–Crippen MR) is 160 cm³/mol. The van der Waals surface area contributed by atoms with Crippen molar-refractivity contribution in [1.82, 2.24) is 0 Å². The number of hydrogen-bond acceptors (Lipinski definition) is 3. The molecule has 4 nitrogen and oxygen atoms in total. The number of aryl methyl sites for hydroxylation is 1. The molecule has 0 aromatic heterocycles. The first-order valence-electron chi connectivity index (χ1n) is 14.6. The van der Waals surface area contributed by atoms with E-state index in [-0.39, 0.29) is 23.9 Å². The van der Waals surface area contributed by atoms with E-state index in [0.717, 1.165) is 25.7 Å². The summed E-state index contributed by atoms with van der Waals surface area (Å²) in [5, 5.41) is 19.7. The number of aliphatic carboxylic acids is 1. The number of carboxylic acid groups (broad SMARTS) is 1. The molecular weight excluding hydrogens is 496 g/mol. The predicted octanol–water partition coefficient (Wildman–Crippen LogP) is 7.38. The van der Waals surface area contributed by atoms with Gasteiger partial charge in [-0.3, -0.25) is 4.79 Å². The van der Waals surface area contributed by atoms with E-state index in [0.29, 0.717) is 25.4 Å². The van der Waals surface area contributed by atoms with Gasteiger partial charge in [0, 0.05) is 17.8 Å². The normalized spacial score (nSPS) is 24.7. The van der Waals surface area contributed by atoms with E-state index in [1.807, 2.05) is 30.3 Å². The summed E-state index contributed by atoms with van der Waals surface area (Å²) < 4.78 is 6.38. The van der Waals surface area contributed by atoms with Crippen LogP contribution in [0.1, 0.15) is 49.7 Å². The van der Waals surface area contributed by atoms with Gasteiger partial charge < -0.3 is 14.9 Å². The Morgan fingerprint density at radius 3 is 2.38 bits per heavy atom. The summed E-state index contributed by atoms with van der Waals surface area (Å²) in [4.78, 5) is 10.9. The van der Waals surface area contributed by atoms with Gasteiger partial charge >= 0.3 is 5.97 Å². The minimum atomic E-state index is -0.743. The second kappa shape index (κ2) is 13.3. The average molecular weight is 537 g/mol. The Morgan fingerprint density at radius 2 is 1.65 bits per heavy atom. The lowest BCUT2D eigenvalue weighted by atomic mass is 9.69. The highest BCUT2D eigenvalue weighted by molar-refractivity contribution is 5.66. The zero-order valence-electron chi connectivity index (χ0n) is 23.1. The lowest BCUT2D eigenvalue weighted by molar-refractivity contribution is -0.137. The van der Waals surface area contributed by atoms with E-state index in [1.165, 1.54) is 22.3 Å². The summed E-state index contributed by atoms with van der Waals surface area (Å²) in [6.45, 7) is 0.709. The molecule has 1 saturated heterocycles. The van der Waals surface area contributed by atoms with Crippen LogP contribution in [0.4, 0.5) is 0 Å². The number of aliphatic hydroxyl groups excluding tert-OH is 1. The molecule has 3 aromatic rings. The Hall–Kier alpha value is -3.47. The molecule has 1 aliphatic carbocycles. The molecule has 3 aromatic carbocycles. The van der Waals surface area contributed by atoms with Crippen LogP contribution in [0, 0.1) is 11.8 Å². The number of fused-ring (bicyclic) bond motifs is 2. The summed E-state index contributed by atoms with van der Waals surface area (Å²) in [5.74, 6) is -0.174. The van der Waals surface area contributed by atoms with Gasteiger partial charge in [-0.15, -0.1) is 0 Å². The highest BCUT2D eigenvalue weighted by Gasteiger charge is 2.58.